The summed E-state index contributed by atoms with van der Waals surface area (Å²) in [7, 11) is 0. The third-order valence-corrected chi connectivity index (χ3v) is 5.41. The lowest BCUT2D eigenvalue weighted by molar-refractivity contribution is -0.125. The number of rotatable bonds is 5. The standard InChI is InChI=1S/C22H22O4/c23-19-9-5-4-8-17(19)18(13-20(24)15-6-2-1-3-7-15)16-10-11-21-22(12-16)26-14-25-21/h1-3,6-7,10-12,17-18H,4-5,8-9,13-14H2. The lowest BCUT2D eigenvalue weighted by Crippen LogP contribution is -2.27. The average molecular weight is 350 g/mol. The summed E-state index contributed by atoms with van der Waals surface area (Å²) in [5, 5.41) is 0. The molecule has 2 atom stereocenters. The second-order valence-electron chi connectivity index (χ2n) is 7.03. The number of Topliss-reactive ketones (excluding diaryl/α,β-unsaturated/α-hetero) is 2. The number of carbonyl (C=O) groups is 2. The van der Waals surface area contributed by atoms with Gasteiger partial charge in [-0.05, 0) is 30.5 Å². The summed E-state index contributed by atoms with van der Waals surface area (Å²) in [6, 6.07) is 15.1. The summed E-state index contributed by atoms with van der Waals surface area (Å²) in [4.78, 5) is 25.4. The molecule has 0 bridgehead atoms. The Morgan fingerprint density at radius 3 is 2.65 bits per heavy atom. The molecule has 1 heterocycles. The molecule has 2 aromatic carbocycles. The van der Waals surface area contributed by atoms with Crippen molar-refractivity contribution < 1.29 is 19.1 Å². The van der Waals surface area contributed by atoms with Gasteiger partial charge in [-0.25, -0.2) is 0 Å². The highest BCUT2D eigenvalue weighted by atomic mass is 16.7. The molecule has 4 nitrogen and oxygen atoms in total. The number of fused-ring (bicyclic) bond motifs is 1. The van der Waals surface area contributed by atoms with E-state index in [2.05, 4.69) is 0 Å². The molecule has 1 fully saturated rings. The molecule has 0 saturated heterocycles. The van der Waals surface area contributed by atoms with E-state index in [1.807, 2.05) is 48.5 Å². The fourth-order valence-corrected chi connectivity index (χ4v) is 4.01. The Hall–Kier alpha value is -2.62. The van der Waals surface area contributed by atoms with Crippen molar-refractivity contribution in [2.75, 3.05) is 6.79 Å². The minimum absolute atomic E-state index is 0.0756. The van der Waals surface area contributed by atoms with Crippen LogP contribution in [0.1, 0.15) is 53.9 Å². The lowest BCUT2D eigenvalue weighted by atomic mass is 9.73. The van der Waals surface area contributed by atoms with Gasteiger partial charge in [-0.15, -0.1) is 0 Å². The summed E-state index contributed by atoms with van der Waals surface area (Å²) >= 11 is 0. The van der Waals surface area contributed by atoms with Gasteiger partial charge < -0.3 is 9.47 Å². The van der Waals surface area contributed by atoms with Gasteiger partial charge in [-0.1, -0.05) is 42.8 Å². The van der Waals surface area contributed by atoms with Crippen molar-refractivity contribution in [2.24, 2.45) is 5.92 Å². The van der Waals surface area contributed by atoms with Gasteiger partial charge >= 0.3 is 0 Å². The Morgan fingerprint density at radius 2 is 1.85 bits per heavy atom. The summed E-state index contributed by atoms with van der Waals surface area (Å²) < 4.78 is 10.9. The fourth-order valence-electron chi connectivity index (χ4n) is 4.01. The molecule has 0 amide bonds. The largest absolute Gasteiger partial charge is 0.454 e. The van der Waals surface area contributed by atoms with Crippen molar-refractivity contribution in [3.05, 3.63) is 59.7 Å². The highest BCUT2D eigenvalue weighted by Crippen LogP contribution is 2.41. The highest BCUT2D eigenvalue weighted by Gasteiger charge is 2.33. The molecule has 0 aromatic heterocycles. The van der Waals surface area contributed by atoms with Crippen LogP contribution < -0.4 is 9.47 Å². The molecule has 0 spiro atoms. The second kappa shape index (κ2) is 7.32. The van der Waals surface area contributed by atoms with Crippen LogP contribution in [0.2, 0.25) is 0 Å². The zero-order valence-corrected chi connectivity index (χ0v) is 14.6. The zero-order chi connectivity index (χ0) is 17.9. The van der Waals surface area contributed by atoms with Crippen molar-refractivity contribution in [3.63, 3.8) is 0 Å². The number of ether oxygens (including phenoxy) is 2. The number of ketones is 2. The Labute approximate surface area is 153 Å². The maximum Gasteiger partial charge on any atom is 0.231 e. The molecule has 26 heavy (non-hydrogen) atoms. The summed E-state index contributed by atoms with van der Waals surface area (Å²) in [6.45, 7) is 0.217. The summed E-state index contributed by atoms with van der Waals surface area (Å²) in [6.07, 6.45) is 3.79. The Kier molecular flexibility index (Phi) is 4.74. The molecule has 134 valence electrons. The van der Waals surface area contributed by atoms with Crippen molar-refractivity contribution in [3.8, 4) is 11.5 Å². The third kappa shape index (κ3) is 3.36. The predicted molar refractivity (Wildman–Crippen MR) is 97.7 cm³/mol. The van der Waals surface area contributed by atoms with Gasteiger partial charge in [-0.2, -0.15) is 0 Å². The molecular weight excluding hydrogens is 328 g/mol. The van der Waals surface area contributed by atoms with E-state index >= 15 is 0 Å². The molecule has 0 radical (unpaired) electrons. The first-order valence-electron chi connectivity index (χ1n) is 9.23. The molecule has 2 unspecified atom stereocenters. The van der Waals surface area contributed by atoms with E-state index in [1.165, 1.54) is 0 Å². The van der Waals surface area contributed by atoms with Crippen LogP contribution in [0.15, 0.2) is 48.5 Å². The molecule has 0 N–H and O–H groups in total. The van der Waals surface area contributed by atoms with Gasteiger partial charge in [0, 0.05) is 30.2 Å². The van der Waals surface area contributed by atoms with Gasteiger partial charge in [0.15, 0.2) is 17.3 Å². The molecule has 2 aromatic rings. The number of carbonyl (C=O) groups excluding carboxylic acids is 2. The quantitative estimate of drug-likeness (QED) is 0.744. The van der Waals surface area contributed by atoms with Crippen molar-refractivity contribution in [1.29, 1.82) is 0 Å². The molecule has 2 aliphatic rings. The van der Waals surface area contributed by atoms with Crippen LogP contribution in [0.3, 0.4) is 0 Å². The number of hydrogen-bond donors (Lipinski definition) is 0. The SMILES string of the molecule is O=C(CC(c1ccc2c(c1)OCO2)C1CCCCC1=O)c1ccccc1. The van der Waals surface area contributed by atoms with Crippen LogP contribution in [-0.4, -0.2) is 18.4 Å². The van der Waals surface area contributed by atoms with E-state index < -0.39 is 0 Å². The van der Waals surface area contributed by atoms with Crippen LogP contribution in [0.25, 0.3) is 0 Å². The lowest BCUT2D eigenvalue weighted by Gasteiger charge is -2.29. The van der Waals surface area contributed by atoms with Crippen molar-refractivity contribution in [2.45, 2.75) is 38.0 Å². The second-order valence-corrected chi connectivity index (χ2v) is 7.03. The maximum atomic E-state index is 12.8. The van der Waals surface area contributed by atoms with Crippen LogP contribution >= 0.6 is 0 Å². The van der Waals surface area contributed by atoms with E-state index in [0.29, 0.717) is 24.2 Å². The molecular formula is C22H22O4. The first-order chi connectivity index (χ1) is 12.7. The summed E-state index contributed by atoms with van der Waals surface area (Å²) in [5.41, 5.74) is 1.68. The molecule has 1 aliphatic carbocycles. The average Bonchev–Trinajstić information content (AvgIpc) is 3.15. The van der Waals surface area contributed by atoms with E-state index in [-0.39, 0.29) is 30.2 Å². The van der Waals surface area contributed by atoms with Gasteiger partial charge in [0.2, 0.25) is 6.79 Å². The maximum absolute atomic E-state index is 12.8. The van der Waals surface area contributed by atoms with Gasteiger partial charge in [0.25, 0.3) is 0 Å². The third-order valence-electron chi connectivity index (χ3n) is 5.41. The first-order valence-corrected chi connectivity index (χ1v) is 9.23. The van der Waals surface area contributed by atoms with Crippen molar-refractivity contribution >= 4 is 11.6 Å². The molecule has 4 rings (SSSR count). The van der Waals surface area contributed by atoms with Crippen molar-refractivity contribution in [1.82, 2.24) is 0 Å². The summed E-state index contributed by atoms with van der Waals surface area (Å²) in [5.74, 6) is 1.55. The normalized spacial score (nSPS) is 20.0. The molecule has 4 heteroatoms. The highest BCUT2D eigenvalue weighted by molar-refractivity contribution is 5.97. The van der Waals surface area contributed by atoms with Gasteiger partial charge in [0.1, 0.15) is 5.78 Å². The smallest absolute Gasteiger partial charge is 0.231 e. The van der Waals surface area contributed by atoms with E-state index in [9.17, 15) is 9.59 Å². The monoisotopic (exact) mass is 350 g/mol. The minimum Gasteiger partial charge on any atom is -0.454 e. The van der Waals surface area contributed by atoms with Gasteiger partial charge in [-0.3, -0.25) is 9.59 Å². The number of hydrogen-bond acceptors (Lipinski definition) is 4. The molecule has 1 aliphatic heterocycles. The Morgan fingerprint density at radius 1 is 1.04 bits per heavy atom. The van der Waals surface area contributed by atoms with Crippen LogP contribution in [0, 0.1) is 5.92 Å². The van der Waals surface area contributed by atoms with Crippen LogP contribution in [0.4, 0.5) is 0 Å². The zero-order valence-electron chi connectivity index (χ0n) is 14.6. The fraction of sp³-hybridized carbons (Fsp3) is 0.364. The van der Waals surface area contributed by atoms with Crippen LogP contribution in [0.5, 0.6) is 11.5 Å². The number of benzene rings is 2. The van der Waals surface area contributed by atoms with Gasteiger partial charge in [0.05, 0.1) is 0 Å². The minimum atomic E-state index is -0.120. The topological polar surface area (TPSA) is 52.6 Å². The first kappa shape index (κ1) is 16.8. The predicted octanol–water partition coefficient (Wildman–Crippen LogP) is 4.53. The van der Waals surface area contributed by atoms with E-state index in [1.54, 1.807) is 0 Å². The van der Waals surface area contributed by atoms with Crippen LogP contribution in [-0.2, 0) is 4.79 Å². The van der Waals surface area contributed by atoms with E-state index in [4.69, 9.17) is 9.47 Å². The molecule has 1 saturated carbocycles. The Bertz CT molecular complexity index is 812. The Balaban J connectivity index is 1.65. The van der Waals surface area contributed by atoms with E-state index in [0.717, 1.165) is 30.6 Å².